The molecule has 0 spiro atoms. The Labute approximate surface area is 127 Å². The Bertz CT molecular complexity index is 446. The molecule has 0 N–H and O–H groups in total. The van der Waals surface area contributed by atoms with Crippen molar-refractivity contribution in [1.82, 2.24) is 0 Å². The van der Waals surface area contributed by atoms with E-state index in [2.05, 4.69) is 62.8 Å². The molecule has 1 aromatic rings. The molecule has 1 rings (SSSR count). The van der Waals surface area contributed by atoms with Crippen LogP contribution in [0.15, 0.2) is 27.7 Å². The Morgan fingerprint density at radius 3 is 2.67 bits per heavy atom. The van der Waals surface area contributed by atoms with Crippen LogP contribution in [0.25, 0.3) is 6.08 Å². The van der Waals surface area contributed by atoms with Crippen LogP contribution >= 0.6 is 31.9 Å². The van der Waals surface area contributed by atoms with Crippen LogP contribution in [-0.4, -0.2) is 0 Å². The first-order chi connectivity index (χ1) is 8.74. The summed E-state index contributed by atoms with van der Waals surface area (Å²) < 4.78 is 0.937. The van der Waals surface area contributed by atoms with Gasteiger partial charge in [-0.1, -0.05) is 56.2 Å². The first-order valence-corrected chi connectivity index (χ1v) is 7.93. The molecule has 0 aliphatic rings. The highest BCUT2D eigenvalue weighted by Crippen LogP contribution is 2.20. The van der Waals surface area contributed by atoms with E-state index in [0.717, 1.165) is 20.9 Å². The fourth-order valence-corrected chi connectivity index (χ4v) is 2.15. The van der Waals surface area contributed by atoms with Crippen molar-refractivity contribution in [3.63, 3.8) is 0 Å². The topological polar surface area (TPSA) is 0 Å². The number of halogens is 2. The molecule has 0 bridgehead atoms. The second-order valence-electron chi connectivity index (χ2n) is 4.13. The molecular weight excluding hydrogens is 352 g/mol. The zero-order chi connectivity index (χ0) is 13.2. The highest BCUT2D eigenvalue weighted by molar-refractivity contribution is 9.28. The fraction of sp³-hybridized carbons (Fsp3) is 0.375. The molecule has 0 saturated heterocycles. The molecule has 1 aromatic carbocycles. The predicted octanol–water partition coefficient (Wildman–Crippen LogP) is 6.10. The molecule has 0 aliphatic heterocycles. The van der Waals surface area contributed by atoms with Gasteiger partial charge in [-0.3, -0.25) is 0 Å². The van der Waals surface area contributed by atoms with Gasteiger partial charge in [-0.15, -0.1) is 0 Å². The van der Waals surface area contributed by atoms with Gasteiger partial charge in [0.25, 0.3) is 0 Å². The van der Waals surface area contributed by atoms with Crippen LogP contribution in [0.3, 0.4) is 0 Å². The molecule has 0 radical (unpaired) electrons. The Morgan fingerprint density at radius 2 is 1.94 bits per heavy atom. The van der Waals surface area contributed by atoms with Crippen LogP contribution in [0.2, 0.25) is 0 Å². The average molecular weight is 370 g/mol. The molecular formula is C16H18Br2. The lowest BCUT2D eigenvalue weighted by molar-refractivity contribution is 0.679. The summed E-state index contributed by atoms with van der Waals surface area (Å²) in [5.41, 5.74) is 2.23. The van der Waals surface area contributed by atoms with E-state index in [1.54, 1.807) is 0 Å². The number of unbranched alkanes of at least 4 members (excludes halogenated alkanes) is 4. The number of benzene rings is 1. The lowest BCUT2D eigenvalue weighted by Crippen LogP contribution is -1.81. The summed E-state index contributed by atoms with van der Waals surface area (Å²) >= 11 is 6.77. The van der Waals surface area contributed by atoms with Gasteiger partial charge in [0.2, 0.25) is 0 Å². The van der Waals surface area contributed by atoms with Gasteiger partial charge in [-0.2, -0.15) is 0 Å². The van der Waals surface area contributed by atoms with Crippen molar-refractivity contribution in [2.75, 3.05) is 0 Å². The van der Waals surface area contributed by atoms with Crippen molar-refractivity contribution >= 4 is 37.9 Å². The molecule has 0 unspecified atom stereocenters. The zero-order valence-electron chi connectivity index (χ0n) is 10.7. The molecule has 0 atom stereocenters. The number of rotatable bonds is 5. The van der Waals surface area contributed by atoms with Gasteiger partial charge >= 0.3 is 0 Å². The largest absolute Gasteiger partial charge is 0.0979 e. The van der Waals surface area contributed by atoms with Crippen LogP contribution in [0, 0.1) is 11.8 Å². The third-order valence-corrected chi connectivity index (χ3v) is 3.06. The lowest BCUT2D eigenvalue weighted by Gasteiger charge is -1.98. The van der Waals surface area contributed by atoms with Gasteiger partial charge in [0.1, 0.15) is 0 Å². The van der Waals surface area contributed by atoms with Crippen molar-refractivity contribution in [2.24, 2.45) is 0 Å². The molecule has 0 heterocycles. The van der Waals surface area contributed by atoms with E-state index in [9.17, 15) is 0 Å². The average Bonchev–Trinajstić information content (AvgIpc) is 2.35. The molecule has 0 aromatic heterocycles. The SMILES string of the molecule is CCCCCCC#Cc1ccccc1C=C(Br)Br. The van der Waals surface area contributed by atoms with E-state index >= 15 is 0 Å². The van der Waals surface area contributed by atoms with E-state index in [1.165, 1.54) is 25.7 Å². The van der Waals surface area contributed by atoms with E-state index < -0.39 is 0 Å². The second kappa shape index (κ2) is 9.42. The van der Waals surface area contributed by atoms with E-state index in [-0.39, 0.29) is 0 Å². The number of hydrogen-bond donors (Lipinski definition) is 0. The Kier molecular flexibility index (Phi) is 8.13. The monoisotopic (exact) mass is 368 g/mol. The summed E-state index contributed by atoms with van der Waals surface area (Å²) in [5, 5.41) is 0. The molecule has 0 aliphatic carbocycles. The third kappa shape index (κ3) is 6.42. The Morgan fingerprint density at radius 1 is 1.17 bits per heavy atom. The van der Waals surface area contributed by atoms with Gasteiger partial charge in [-0.05, 0) is 56.0 Å². The smallest absolute Gasteiger partial charge is 0.0610 e. The molecule has 0 amide bonds. The second-order valence-corrected chi connectivity index (χ2v) is 6.91. The van der Waals surface area contributed by atoms with Crippen molar-refractivity contribution in [1.29, 1.82) is 0 Å². The lowest BCUT2D eigenvalue weighted by atomic mass is 10.1. The summed E-state index contributed by atoms with van der Waals surface area (Å²) in [7, 11) is 0. The molecule has 0 saturated carbocycles. The fourth-order valence-electron chi connectivity index (χ4n) is 1.65. The van der Waals surface area contributed by atoms with Gasteiger partial charge in [0.15, 0.2) is 0 Å². The van der Waals surface area contributed by atoms with Crippen LogP contribution in [0.5, 0.6) is 0 Å². The Balaban J connectivity index is 2.61. The Hall–Kier alpha value is -0.520. The van der Waals surface area contributed by atoms with Crippen molar-refractivity contribution in [3.05, 3.63) is 38.8 Å². The molecule has 96 valence electrons. The standard InChI is InChI=1S/C16H18Br2/c1-2-3-4-5-6-7-10-14-11-8-9-12-15(14)13-16(17)18/h8-9,11-13H,2-6H2,1H3. The van der Waals surface area contributed by atoms with Crippen LogP contribution in [-0.2, 0) is 0 Å². The first kappa shape index (κ1) is 15.5. The highest BCUT2D eigenvalue weighted by Gasteiger charge is 1.95. The zero-order valence-corrected chi connectivity index (χ0v) is 13.9. The van der Waals surface area contributed by atoms with Gasteiger partial charge in [0.05, 0.1) is 3.39 Å². The minimum Gasteiger partial charge on any atom is -0.0979 e. The normalized spacial score (nSPS) is 9.50. The molecule has 0 nitrogen and oxygen atoms in total. The van der Waals surface area contributed by atoms with E-state index in [1.807, 2.05) is 18.2 Å². The highest BCUT2D eigenvalue weighted by atomic mass is 79.9. The van der Waals surface area contributed by atoms with Crippen molar-refractivity contribution in [3.8, 4) is 11.8 Å². The minimum absolute atomic E-state index is 0.937. The first-order valence-electron chi connectivity index (χ1n) is 6.34. The maximum Gasteiger partial charge on any atom is 0.0610 e. The maximum atomic E-state index is 3.39. The van der Waals surface area contributed by atoms with Crippen LogP contribution in [0.1, 0.15) is 50.2 Å². The molecule has 0 fully saturated rings. The molecule has 18 heavy (non-hydrogen) atoms. The van der Waals surface area contributed by atoms with Gasteiger partial charge in [-0.25, -0.2) is 0 Å². The predicted molar refractivity (Wildman–Crippen MR) is 87.9 cm³/mol. The van der Waals surface area contributed by atoms with E-state index in [4.69, 9.17) is 0 Å². The van der Waals surface area contributed by atoms with Gasteiger partial charge < -0.3 is 0 Å². The summed E-state index contributed by atoms with van der Waals surface area (Å²) in [6, 6.07) is 8.19. The summed E-state index contributed by atoms with van der Waals surface area (Å²) in [6.45, 7) is 2.23. The minimum atomic E-state index is 0.937. The van der Waals surface area contributed by atoms with Crippen molar-refractivity contribution in [2.45, 2.75) is 39.0 Å². The summed E-state index contributed by atoms with van der Waals surface area (Å²) in [4.78, 5) is 0. The number of hydrogen-bond acceptors (Lipinski definition) is 0. The van der Waals surface area contributed by atoms with Gasteiger partial charge in [0, 0.05) is 12.0 Å². The third-order valence-electron chi connectivity index (χ3n) is 2.60. The maximum absolute atomic E-state index is 3.39. The molecule has 2 heteroatoms. The van der Waals surface area contributed by atoms with Crippen molar-refractivity contribution < 1.29 is 0 Å². The van der Waals surface area contributed by atoms with Crippen LogP contribution in [0.4, 0.5) is 0 Å². The quantitative estimate of drug-likeness (QED) is 0.434. The summed E-state index contributed by atoms with van der Waals surface area (Å²) in [5.74, 6) is 6.52. The van der Waals surface area contributed by atoms with E-state index in [0.29, 0.717) is 0 Å². The van der Waals surface area contributed by atoms with Crippen LogP contribution < -0.4 is 0 Å². The summed E-state index contributed by atoms with van der Waals surface area (Å²) in [6.07, 6.45) is 8.12.